The summed E-state index contributed by atoms with van der Waals surface area (Å²) in [5.74, 6) is 6.73. The van der Waals surface area contributed by atoms with Gasteiger partial charge in [0.25, 0.3) is 6.47 Å². The van der Waals surface area contributed by atoms with Gasteiger partial charge in [-0.3, -0.25) is 4.79 Å². The number of nitrogens with zero attached hydrogens (tertiary/aromatic N) is 3. The number of benzene rings is 2. The van der Waals surface area contributed by atoms with Crippen molar-refractivity contribution >= 4 is 17.4 Å². The van der Waals surface area contributed by atoms with Crippen LogP contribution in [-0.4, -0.2) is 21.4 Å². The molecule has 0 aliphatic rings. The van der Waals surface area contributed by atoms with Gasteiger partial charge >= 0.3 is 0 Å². The lowest BCUT2D eigenvalue weighted by atomic mass is 10.1. The van der Waals surface area contributed by atoms with E-state index in [1.165, 1.54) is 5.56 Å². The summed E-state index contributed by atoms with van der Waals surface area (Å²) in [6.07, 6.45) is 1.78. The summed E-state index contributed by atoms with van der Waals surface area (Å²) < 4.78 is 4.91. The van der Waals surface area contributed by atoms with Crippen LogP contribution in [-0.2, 0) is 16.1 Å². The first-order valence-electron chi connectivity index (χ1n) is 9.09. The van der Waals surface area contributed by atoms with Crippen molar-refractivity contribution in [3.63, 3.8) is 0 Å². The number of aromatic nitrogens is 3. The van der Waals surface area contributed by atoms with Crippen molar-refractivity contribution in [3.05, 3.63) is 89.2 Å². The number of fused-ring (bicyclic) bond motifs is 1. The van der Waals surface area contributed by atoms with Gasteiger partial charge in [0.2, 0.25) is 0 Å². The van der Waals surface area contributed by atoms with Crippen molar-refractivity contribution in [2.45, 2.75) is 13.5 Å². The summed E-state index contributed by atoms with van der Waals surface area (Å²) in [6.45, 7) is 2.55. The lowest BCUT2D eigenvalue weighted by Crippen LogP contribution is -2.00. The Morgan fingerprint density at radius 3 is 2.62 bits per heavy atom. The van der Waals surface area contributed by atoms with Gasteiger partial charge < -0.3 is 4.74 Å². The van der Waals surface area contributed by atoms with E-state index in [9.17, 15) is 4.79 Å². The first-order chi connectivity index (χ1) is 14.2. The number of ether oxygens (including phenoxy) is 1. The predicted molar refractivity (Wildman–Crippen MR) is 111 cm³/mol. The highest BCUT2D eigenvalue weighted by molar-refractivity contribution is 5.79. The van der Waals surface area contributed by atoms with Gasteiger partial charge in [-0.2, -0.15) is 0 Å². The van der Waals surface area contributed by atoms with Crippen LogP contribution in [0, 0.1) is 18.8 Å². The lowest BCUT2D eigenvalue weighted by molar-refractivity contribution is -0.129. The molecule has 0 spiro atoms. The van der Waals surface area contributed by atoms with E-state index in [1.54, 1.807) is 6.20 Å². The largest absolute Gasteiger partial charge is 0.463 e. The van der Waals surface area contributed by atoms with Gasteiger partial charge in [-0.25, -0.2) is 15.0 Å². The average Bonchev–Trinajstić information content (AvgIpc) is 2.77. The molecule has 0 fully saturated rings. The topological polar surface area (TPSA) is 65.0 Å². The average molecular weight is 379 g/mol. The smallest absolute Gasteiger partial charge is 0.293 e. The van der Waals surface area contributed by atoms with Crippen LogP contribution in [0.15, 0.2) is 66.9 Å². The second-order valence-corrected chi connectivity index (χ2v) is 6.48. The summed E-state index contributed by atoms with van der Waals surface area (Å²) in [7, 11) is 0. The van der Waals surface area contributed by atoms with Crippen LogP contribution in [0.1, 0.15) is 22.4 Å². The monoisotopic (exact) mass is 379 g/mol. The molecule has 0 amide bonds. The minimum absolute atomic E-state index is 0.104. The Morgan fingerprint density at radius 2 is 1.79 bits per heavy atom. The van der Waals surface area contributed by atoms with Crippen molar-refractivity contribution in [2.24, 2.45) is 0 Å². The molecule has 29 heavy (non-hydrogen) atoms. The fourth-order valence-corrected chi connectivity index (χ4v) is 2.82. The van der Waals surface area contributed by atoms with E-state index in [4.69, 9.17) is 4.74 Å². The van der Waals surface area contributed by atoms with Gasteiger partial charge in [0.1, 0.15) is 18.0 Å². The Labute approximate surface area is 168 Å². The number of hydrogen-bond acceptors (Lipinski definition) is 5. The van der Waals surface area contributed by atoms with Gasteiger partial charge in [-0.1, -0.05) is 47.9 Å². The molecule has 0 radical (unpaired) electrons. The van der Waals surface area contributed by atoms with Crippen LogP contribution < -0.4 is 0 Å². The number of pyridine rings is 1. The minimum Gasteiger partial charge on any atom is -0.463 e. The van der Waals surface area contributed by atoms with Crippen LogP contribution in [0.2, 0.25) is 0 Å². The van der Waals surface area contributed by atoms with Crippen LogP contribution in [0.4, 0.5) is 0 Å². The molecule has 0 atom stereocenters. The molecule has 0 saturated heterocycles. The summed E-state index contributed by atoms with van der Waals surface area (Å²) in [4.78, 5) is 24.3. The maximum Gasteiger partial charge on any atom is 0.293 e. The van der Waals surface area contributed by atoms with Crippen molar-refractivity contribution < 1.29 is 9.53 Å². The third-order valence-corrected chi connectivity index (χ3v) is 4.38. The standard InChI is InChI=1S/C24H17N3O2/c1-17-6-8-18(9-7-17)10-12-22-20(15-29-16-28)11-13-23(26-22)24-25-14-19-4-2-3-5-21(19)27-24/h2-9,11,13-14,16H,15H2,1H3. The molecule has 0 bridgehead atoms. The Hall–Kier alpha value is -4.04. The number of para-hydroxylation sites is 1. The first kappa shape index (κ1) is 18.3. The summed E-state index contributed by atoms with van der Waals surface area (Å²) in [5.41, 5.74) is 4.76. The van der Waals surface area contributed by atoms with Crippen molar-refractivity contribution in [3.8, 4) is 23.4 Å². The van der Waals surface area contributed by atoms with Crippen LogP contribution >= 0.6 is 0 Å². The molecule has 2 aromatic carbocycles. The normalized spacial score (nSPS) is 10.2. The van der Waals surface area contributed by atoms with E-state index < -0.39 is 0 Å². The van der Waals surface area contributed by atoms with E-state index >= 15 is 0 Å². The van der Waals surface area contributed by atoms with Gasteiger partial charge in [0.15, 0.2) is 5.82 Å². The lowest BCUT2D eigenvalue weighted by Gasteiger charge is -2.06. The zero-order valence-corrected chi connectivity index (χ0v) is 15.8. The molecule has 4 rings (SSSR count). The van der Waals surface area contributed by atoms with Gasteiger partial charge in [0.05, 0.1) is 5.52 Å². The molecule has 0 saturated carbocycles. The molecule has 5 heteroatoms. The first-order valence-corrected chi connectivity index (χ1v) is 9.09. The molecule has 0 N–H and O–H groups in total. The molecule has 4 aromatic rings. The summed E-state index contributed by atoms with van der Waals surface area (Å²) >= 11 is 0. The number of hydrogen-bond donors (Lipinski definition) is 0. The van der Waals surface area contributed by atoms with Gasteiger partial charge in [0, 0.05) is 22.7 Å². The predicted octanol–water partition coefficient (Wildman–Crippen LogP) is 4.07. The van der Waals surface area contributed by atoms with Crippen molar-refractivity contribution in [1.82, 2.24) is 15.0 Å². The van der Waals surface area contributed by atoms with E-state index in [2.05, 4.69) is 26.8 Å². The zero-order chi connectivity index (χ0) is 20.1. The van der Waals surface area contributed by atoms with Crippen LogP contribution in [0.5, 0.6) is 0 Å². The Morgan fingerprint density at radius 1 is 0.966 bits per heavy atom. The second-order valence-electron chi connectivity index (χ2n) is 6.48. The molecule has 0 unspecified atom stereocenters. The number of aryl methyl sites for hydroxylation is 1. The van der Waals surface area contributed by atoms with E-state index in [1.807, 2.05) is 67.6 Å². The molecule has 0 aliphatic carbocycles. The maximum atomic E-state index is 10.6. The number of carbonyl (C=O) groups is 1. The number of rotatable bonds is 4. The maximum absolute atomic E-state index is 10.6. The van der Waals surface area contributed by atoms with E-state index in [0.717, 1.165) is 22.0 Å². The Kier molecular flexibility index (Phi) is 5.26. The molecule has 2 aromatic heterocycles. The molecule has 140 valence electrons. The van der Waals surface area contributed by atoms with Crippen molar-refractivity contribution in [2.75, 3.05) is 0 Å². The summed E-state index contributed by atoms with van der Waals surface area (Å²) in [6, 6.07) is 19.4. The van der Waals surface area contributed by atoms with E-state index in [-0.39, 0.29) is 6.61 Å². The van der Waals surface area contributed by atoms with Gasteiger partial charge in [-0.05, 0) is 37.1 Å². The fraction of sp³-hybridized carbons (Fsp3) is 0.0833. The molecule has 0 aliphatic heterocycles. The Balaban J connectivity index is 1.75. The third-order valence-electron chi connectivity index (χ3n) is 4.38. The highest BCUT2D eigenvalue weighted by Gasteiger charge is 2.09. The van der Waals surface area contributed by atoms with E-state index in [0.29, 0.717) is 23.7 Å². The Bertz CT molecular complexity index is 1240. The molecular weight excluding hydrogens is 362 g/mol. The minimum atomic E-state index is 0.104. The SMILES string of the molecule is Cc1ccc(C#Cc2nc(-c3ncc4ccccc4n3)ccc2COC=O)cc1. The highest BCUT2D eigenvalue weighted by atomic mass is 16.5. The van der Waals surface area contributed by atoms with Crippen LogP contribution in [0.3, 0.4) is 0 Å². The molecule has 2 heterocycles. The third kappa shape index (κ3) is 4.28. The summed E-state index contributed by atoms with van der Waals surface area (Å²) in [5, 5.41) is 0.964. The fourth-order valence-electron chi connectivity index (χ4n) is 2.82. The highest BCUT2D eigenvalue weighted by Crippen LogP contribution is 2.19. The zero-order valence-electron chi connectivity index (χ0n) is 15.8. The van der Waals surface area contributed by atoms with Crippen molar-refractivity contribution in [1.29, 1.82) is 0 Å². The van der Waals surface area contributed by atoms with Crippen LogP contribution in [0.25, 0.3) is 22.4 Å². The number of carbonyl (C=O) groups excluding carboxylic acids is 1. The molecule has 5 nitrogen and oxygen atoms in total. The van der Waals surface area contributed by atoms with Gasteiger partial charge in [-0.15, -0.1) is 0 Å². The second kappa shape index (κ2) is 8.32. The molecular formula is C24H17N3O2. The quantitative estimate of drug-likeness (QED) is 0.395.